The number of pyridine rings is 1. The van der Waals surface area contributed by atoms with Gasteiger partial charge in [-0.05, 0) is 70.7 Å². The average Bonchev–Trinajstić information content (AvgIpc) is 3.12. The number of alkyl carbamates (subject to hydrolysis) is 1. The molecule has 0 unspecified atom stereocenters. The van der Waals surface area contributed by atoms with Crippen LogP contribution in [0.4, 0.5) is 10.6 Å². The molecule has 4 rings (SSSR count). The van der Waals surface area contributed by atoms with E-state index in [4.69, 9.17) is 9.84 Å². The van der Waals surface area contributed by atoms with E-state index < -0.39 is 5.60 Å². The summed E-state index contributed by atoms with van der Waals surface area (Å²) in [5.74, 6) is 0.819. The third-order valence-electron chi connectivity index (χ3n) is 5.14. The van der Waals surface area contributed by atoms with Gasteiger partial charge in [0.1, 0.15) is 11.4 Å². The molecule has 0 aliphatic heterocycles. The molecular formula is C22H28N6O2. The van der Waals surface area contributed by atoms with Gasteiger partial charge in [0.25, 0.3) is 0 Å². The lowest BCUT2D eigenvalue weighted by Gasteiger charge is -2.30. The van der Waals surface area contributed by atoms with E-state index in [-0.39, 0.29) is 12.1 Å². The van der Waals surface area contributed by atoms with Crippen LogP contribution in [0, 0.1) is 0 Å². The van der Waals surface area contributed by atoms with Crippen LogP contribution in [0.1, 0.15) is 46.5 Å². The molecule has 3 aromatic heterocycles. The average molecular weight is 409 g/mol. The highest BCUT2D eigenvalue weighted by Crippen LogP contribution is 2.24. The third-order valence-corrected chi connectivity index (χ3v) is 5.14. The van der Waals surface area contributed by atoms with Gasteiger partial charge in [-0.2, -0.15) is 0 Å². The predicted octanol–water partition coefficient (Wildman–Crippen LogP) is 4.04. The Morgan fingerprint density at radius 2 is 1.77 bits per heavy atom. The molecule has 8 nitrogen and oxygen atoms in total. The first-order chi connectivity index (χ1) is 14.4. The number of fused-ring (bicyclic) bond motifs is 1. The largest absolute Gasteiger partial charge is 0.444 e. The van der Waals surface area contributed by atoms with Gasteiger partial charge in [-0.3, -0.25) is 4.98 Å². The van der Waals surface area contributed by atoms with E-state index in [0.29, 0.717) is 6.04 Å². The molecule has 0 saturated heterocycles. The molecule has 8 heteroatoms. The molecule has 1 aliphatic rings. The Balaban J connectivity index is 1.37. The number of carbonyl (C=O) groups is 1. The number of nitrogens with one attached hydrogen (secondary N) is 2. The molecule has 0 radical (unpaired) electrons. The molecule has 0 aromatic carbocycles. The Morgan fingerprint density at radius 3 is 2.47 bits per heavy atom. The van der Waals surface area contributed by atoms with Gasteiger partial charge in [0.15, 0.2) is 5.65 Å². The maximum Gasteiger partial charge on any atom is 0.407 e. The van der Waals surface area contributed by atoms with E-state index >= 15 is 0 Å². The van der Waals surface area contributed by atoms with E-state index in [1.165, 1.54) is 0 Å². The van der Waals surface area contributed by atoms with Crippen molar-refractivity contribution in [3.8, 4) is 11.3 Å². The molecule has 2 N–H and O–H groups in total. The van der Waals surface area contributed by atoms with Crippen LogP contribution in [0.2, 0.25) is 0 Å². The van der Waals surface area contributed by atoms with Gasteiger partial charge in [0.05, 0.1) is 11.9 Å². The Hall–Kier alpha value is -3.16. The Labute approximate surface area is 176 Å². The van der Waals surface area contributed by atoms with Crippen molar-refractivity contribution < 1.29 is 9.53 Å². The van der Waals surface area contributed by atoms with Crippen LogP contribution in [0.3, 0.4) is 0 Å². The molecule has 0 atom stereocenters. The van der Waals surface area contributed by atoms with Crippen molar-refractivity contribution in [2.45, 2.75) is 64.1 Å². The second-order valence-corrected chi connectivity index (χ2v) is 8.71. The lowest BCUT2D eigenvalue weighted by Crippen LogP contribution is -2.42. The summed E-state index contributed by atoms with van der Waals surface area (Å²) in [6.45, 7) is 5.62. The number of nitrogens with zero attached hydrogens (tertiary/aromatic N) is 4. The van der Waals surface area contributed by atoms with Gasteiger partial charge in [-0.1, -0.05) is 0 Å². The molecule has 0 bridgehead atoms. The van der Waals surface area contributed by atoms with E-state index in [1.54, 1.807) is 12.4 Å². The second-order valence-electron chi connectivity index (χ2n) is 8.71. The summed E-state index contributed by atoms with van der Waals surface area (Å²) in [7, 11) is 0. The van der Waals surface area contributed by atoms with Gasteiger partial charge in [-0.15, -0.1) is 5.10 Å². The summed E-state index contributed by atoms with van der Waals surface area (Å²) >= 11 is 0. The molecule has 1 saturated carbocycles. The number of hydrogen-bond acceptors (Lipinski definition) is 6. The summed E-state index contributed by atoms with van der Waals surface area (Å²) in [5.41, 5.74) is 2.28. The maximum absolute atomic E-state index is 12.0. The summed E-state index contributed by atoms with van der Waals surface area (Å²) in [6.07, 6.45) is 8.76. The normalized spacial score (nSPS) is 19.4. The zero-order valence-electron chi connectivity index (χ0n) is 17.6. The fraction of sp³-hybridized carbons (Fsp3) is 0.455. The van der Waals surface area contributed by atoms with Crippen molar-refractivity contribution in [1.82, 2.24) is 24.9 Å². The number of imidazole rings is 1. The van der Waals surface area contributed by atoms with E-state index in [0.717, 1.165) is 48.4 Å². The first kappa shape index (κ1) is 20.1. The van der Waals surface area contributed by atoms with Crippen molar-refractivity contribution >= 4 is 17.6 Å². The molecule has 1 aliphatic carbocycles. The predicted molar refractivity (Wildman–Crippen MR) is 115 cm³/mol. The highest BCUT2D eigenvalue weighted by atomic mass is 16.6. The van der Waals surface area contributed by atoms with Gasteiger partial charge in [0.2, 0.25) is 0 Å². The van der Waals surface area contributed by atoms with E-state index in [9.17, 15) is 4.79 Å². The Kier molecular flexibility index (Phi) is 5.57. The smallest absolute Gasteiger partial charge is 0.407 e. The topological polar surface area (TPSA) is 93.4 Å². The maximum atomic E-state index is 12.0. The number of rotatable bonds is 4. The number of carbonyl (C=O) groups excluding carboxylic acids is 1. The number of hydrogen-bond donors (Lipinski definition) is 2. The summed E-state index contributed by atoms with van der Waals surface area (Å²) in [4.78, 5) is 20.5. The number of aromatic nitrogens is 4. The van der Waals surface area contributed by atoms with Gasteiger partial charge < -0.3 is 15.4 Å². The molecule has 3 heterocycles. The first-order valence-electron chi connectivity index (χ1n) is 10.4. The third kappa shape index (κ3) is 4.87. The van der Waals surface area contributed by atoms with Crippen LogP contribution in [0.15, 0.2) is 42.9 Å². The number of ether oxygens (including phenoxy) is 1. The SMILES string of the molecule is CC(C)(C)OC(=O)NC1CCC(Nc2ccc3ncc(-c4ccncc4)n3n2)CC1. The monoisotopic (exact) mass is 408 g/mol. The highest BCUT2D eigenvalue weighted by molar-refractivity contribution is 5.68. The minimum absolute atomic E-state index is 0.153. The zero-order valence-corrected chi connectivity index (χ0v) is 17.6. The van der Waals surface area contributed by atoms with Gasteiger partial charge >= 0.3 is 6.09 Å². The van der Waals surface area contributed by atoms with Crippen LogP contribution in [-0.4, -0.2) is 43.4 Å². The van der Waals surface area contributed by atoms with Crippen molar-refractivity contribution in [3.05, 3.63) is 42.9 Å². The lowest BCUT2D eigenvalue weighted by molar-refractivity contribution is 0.0492. The lowest BCUT2D eigenvalue weighted by atomic mass is 9.91. The van der Waals surface area contributed by atoms with Crippen molar-refractivity contribution in [2.24, 2.45) is 0 Å². The second kappa shape index (κ2) is 8.30. The fourth-order valence-corrected chi connectivity index (χ4v) is 3.74. The molecule has 1 amide bonds. The van der Waals surface area contributed by atoms with Crippen LogP contribution in [0.25, 0.3) is 16.9 Å². The van der Waals surface area contributed by atoms with Crippen molar-refractivity contribution in [1.29, 1.82) is 0 Å². The Bertz CT molecular complexity index is 1000. The van der Waals surface area contributed by atoms with Crippen LogP contribution in [-0.2, 0) is 4.74 Å². The fourth-order valence-electron chi connectivity index (χ4n) is 3.74. The van der Waals surface area contributed by atoms with Gasteiger partial charge in [0, 0.05) is 30.0 Å². The molecule has 30 heavy (non-hydrogen) atoms. The van der Waals surface area contributed by atoms with Crippen LogP contribution in [0.5, 0.6) is 0 Å². The Morgan fingerprint density at radius 1 is 1.07 bits per heavy atom. The first-order valence-corrected chi connectivity index (χ1v) is 10.4. The minimum atomic E-state index is -0.477. The standard InChI is InChI=1S/C22H28N6O2/c1-22(2,3)30-21(29)26-17-6-4-16(5-7-17)25-19-8-9-20-24-14-18(28(20)27-19)15-10-12-23-13-11-15/h8-14,16-17H,4-7H2,1-3H3,(H,25,27)(H,26,29). The molecule has 158 valence electrons. The van der Waals surface area contributed by atoms with Gasteiger partial charge in [-0.25, -0.2) is 14.3 Å². The molecular weight excluding hydrogens is 380 g/mol. The van der Waals surface area contributed by atoms with Crippen LogP contribution >= 0.6 is 0 Å². The molecule has 3 aromatic rings. The van der Waals surface area contributed by atoms with Crippen LogP contribution < -0.4 is 10.6 Å². The van der Waals surface area contributed by atoms with E-state index in [2.05, 4.69) is 20.6 Å². The number of amides is 1. The molecule has 1 fully saturated rings. The summed E-state index contributed by atoms with van der Waals surface area (Å²) < 4.78 is 7.21. The summed E-state index contributed by atoms with van der Waals surface area (Å²) in [6, 6.07) is 8.30. The van der Waals surface area contributed by atoms with Crippen molar-refractivity contribution in [2.75, 3.05) is 5.32 Å². The number of anilines is 1. The molecule has 0 spiro atoms. The highest BCUT2D eigenvalue weighted by Gasteiger charge is 2.25. The zero-order chi connectivity index (χ0) is 21.1. The van der Waals surface area contributed by atoms with Crippen molar-refractivity contribution in [3.63, 3.8) is 0 Å². The quantitative estimate of drug-likeness (QED) is 0.677. The summed E-state index contributed by atoms with van der Waals surface area (Å²) in [5, 5.41) is 11.3. The van der Waals surface area contributed by atoms with E-state index in [1.807, 2.05) is 55.7 Å². The minimum Gasteiger partial charge on any atom is -0.444 e.